The van der Waals surface area contributed by atoms with E-state index in [0.29, 0.717) is 16.3 Å². The number of carbonyl (C=O) groups is 1. The van der Waals surface area contributed by atoms with Crippen LogP contribution in [-0.4, -0.2) is 17.8 Å². The summed E-state index contributed by atoms with van der Waals surface area (Å²) in [6, 6.07) is 12.1. The first-order valence-corrected chi connectivity index (χ1v) is 9.05. The van der Waals surface area contributed by atoms with Gasteiger partial charge in [-0.05, 0) is 36.8 Å². The van der Waals surface area contributed by atoms with Gasteiger partial charge in [-0.25, -0.2) is 9.18 Å². The number of amides is 2. The van der Waals surface area contributed by atoms with Crippen molar-refractivity contribution >= 4 is 45.1 Å². The second-order valence-electron chi connectivity index (χ2n) is 5.28. The zero-order valence-corrected chi connectivity index (χ0v) is 15.0. The molecule has 0 unspecified atom stereocenters. The van der Waals surface area contributed by atoms with Crippen LogP contribution in [0.15, 0.2) is 51.8 Å². The molecule has 2 aromatic rings. The molecule has 2 amide bonds. The lowest BCUT2D eigenvalue weighted by Gasteiger charge is -2.33. The SMILES string of the molecule is CC[C@H]1CN(C(=O)Nc2ccc(Br)cc2F)c2ccccc2S1. The molecule has 1 aliphatic heterocycles. The highest BCUT2D eigenvalue weighted by Gasteiger charge is 2.28. The Labute approximate surface area is 147 Å². The van der Waals surface area contributed by atoms with Crippen LogP contribution < -0.4 is 10.2 Å². The fraction of sp³-hybridized carbons (Fsp3) is 0.235. The van der Waals surface area contributed by atoms with Gasteiger partial charge in [-0.3, -0.25) is 4.90 Å². The van der Waals surface area contributed by atoms with Crippen LogP contribution in [0, 0.1) is 5.82 Å². The molecule has 1 aliphatic rings. The summed E-state index contributed by atoms with van der Waals surface area (Å²) in [6.45, 7) is 2.72. The molecule has 0 aromatic heterocycles. The Morgan fingerprint density at radius 1 is 1.39 bits per heavy atom. The highest BCUT2D eigenvalue weighted by molar-refractivity contribution is 9.10. The number of para-hydroxylation sites is 1. The zero-order chi connectivity index (χ0) is 16.4. The van der Waals surface area contributed by atoms with E-state index in [2.05, 4.69) is 28.2 Å². The van der Waals surface area contributed by atoms with Gasteiger partial charge in [-0.15, -0.1) is 11.8 Å². The number of thioether (sulfide) groups is 1. The Morgan fingerprint density at radius 3 is 2.91 bits per heavy atom. The summed E-state index contributed by atoms with van der Waals surface area (Å²) >= 11 is 5.00. The number of carbonyl (C=O) groups excluding carboxylic acids is 1. The minimum absolute atomic E-state index is 0.182. The van der Waals surface area contributed by atoms with E-state index in [4.69, 9.17) is 0 Å². The van der Waals surface area contributed by atoms with Gasteiger partial charge in [0.25, 0.3) is 0 Å². The number of anilines is 2. The van der Waals surface area contributed by atoms with E-state index >= 15 is 0 Å². The minimum atomic E-state index is -0.459. The van der Waals surface area contributed by atoms with Crippen molar-refractivity contribution in [3.8, 4) is 0 Å². The van der Waals surface area contributed by atoms with E-state index in [1.807, 2.05) is 24.3 Å². The Balaban J connectivity index is 1.86. The molecule has 3 rings (SSSR count). The van der Waals surface area contributed by atoms with Crippen LogP contribution in [0.1, 0.15) is 13.3 Å². The van der Waals surface area contributed by atoms with E-state index in [-0.39, 0.29) is 11.7 Å². The van der Waals surface area contributed by atoms with E-state index in [1.165, 1.54) is 6.07 Å². The van der Waals surface area contributed by atoms with Gasteiger partial charge in [-0.2, -0.15) is 0 Å². The molecule has 0 saturated carbocycles. The number of fused-ring (bicyclic) bond motifs is 1. The maximum atomic E-state index is 13.9. The average molecular weight is 395 g/mol. The predicted octanol–water partition coefficient (Wildman–Crippen LogP) is 5.51. The molecule has 6 heteroatoms. The number of hydrogen-bond donors (Lipinski definition) is 1. The normalized spacial score (nSPS) is 16.8. The van der Waals surface area contributed by atoms with E-state index in [1.54, 1.807) is 28.8 Å². The first kappa shape index (κ1) is 16.3. The summed E-state index contributed by atoms with van der Waals surface area (Å²) in [6.07, 6.45) is 0.968. The fourth-order valence-electron chi connectivity index (χ4n) is 2.48. The second-order valence-corrected chi connectivity index (χ2v) is 7.54. The molecule has 3 nitrogen and oxygen atoms in total. The molecule has 0 saturated heterocycles. The highest BCUT2D eigenvalue weighted by Crippen LogP contribution is 2.39. The molecule has 1 N–H and O–H groups in total. The van der Waals surface area contributed by atoms with Gasteiger partial charge in [0.15, 0.2) is 0 Å². The molecule has 0 radical (unpaired) electrons. The number of nitrogens with one attached hydrogen (secondary N) is 1. The Kier molecular flexibility index (Phi) is 4.92. The van der Waals surface area contributed by atoms with Gasteiger partial charge in [0, 0.05) is 21.2 Å². The lowest BCUT2D eigenvalue weighted by Crippen LogP contribution is -2.42. The van der Waals surface area contributed by atoms with E-state index in [9.17, 15) is 9.18 Å². The maximum Gasteiger partial charge on any atom is 0.326 e. The number of nitrogens with zero attached hydrogens (tertiary/aromatic N) is 1. The Hall–Kier alpha value is -1.53. The van der Waals surface area contributed by atoms with Crippen molar-refractivity contribution in [1.82, 2.24) is 0 Å². The van der Waals surface area contributed by atoms with Gasteiger partial charge in [0.1, 0.15) is 5.82 Å². The number of hydrogen-bond acceptors (Lipinski definition) is 2. The third-order valence-corrected chi connectivity index (χ3v) is 5.62. The highest BCUT2D eigenvalue weighted by atomic mass is 79.9. The van der Waals surface area contributed by atoms with Crippen LogP contribution in [0.25, 0.3) is 0 Å². The number of urea groups is 1. The molecule has 0 fully saturated rings. The van der Waals surface area contributed by atoms with Gasteiger partial charge in [0.2, 0.25) is 0 Å². The number of benzene rings is 2. The summed E-state index contributed by atoms with van der Waals surface area (Å²) in [5, 5.41) is 3.01. The molecule has 120 valence electrons. The van der Waals surface area contributed by atoms with Gasteiger partial charge in [0.05, 0.1) is 11.4 Å². The lowest BCUT2D eigenvalue weighted by molar-refractivity contribution is 0.256. The smallest absolute Gasteiger partial charge is 0.305 e. The monoisotopic (exact) mass is 394 g/mol. The lowest BCUT2D eigenvalue weighted by atomic mass is 10.2. The molecular weight excluding hydrogens is 379 g/mol. The van der Waals surface area contributed by atoms with Crippen molar-refractivity contribution in [2.45, 2.75) is 23.5 Å². The minimum Gasteiger partial charge on any atom is -0.305 e. The van der Waals surface area contributed by atoms with Gasteiger partial charge in [-0.1, -0.05) is 35.0 Å². The van der Waals surface area contributed by atoms with Crippen molar-refractivity contribution in [2.24, 2.45) is 0 Å². The zero-order valence-electron chi connectivity index (χ0n) is 12.6. The largest absolute Gasteiger partial charge is 0.326 e. The van der Waals surface area contributed by atoms with Gasteiger partial charge < -0.3 is 5.32 Å². The van der Waals surface area contributed by atoms with Crippen LogP contribution in [0.3, 0.4) is 0 Å². The first-order valence-electron chi connectivity index (χ1n) is 7.37. The molecule has 1 heterocycles. The summed E-state index contributed by atoms with van der Waals surface area (Å²) in [7, 11) is 0. The van der Waals surface area contributed by atoms with Crippen molar-refractivity contribution in [3.63, 3.8) is 0 Å². The van der Waals surface area contributed by atoms with Crippen molar-refractivity contribution < 1.29 is 9.18 Å². The van der Waals surface area contributed by atoms with Crippen LogP contribution in [-0.2, 0) is 0 Å². The van der Waals surface area contributed by atoms with Crippen LogP contribution in [0.5, 0.6) is 0 Å². The molecule has 0 bridgehead atoms. The van der Waals surface area contributed by atoms with Crippen molar-refractivity contribution in [2.75, 3.05) is 16.8 Å². The average Bonchev–Trinajstić information content (AvgIpc) is 2.56. The fourth-order valence-corrected chi connectivity index (χ4v) is 4.02. The van der Waals surface area contributed by atoms with Crippen LogP contribution >= 0.6 is 27.7 Å². The molecular formula is C17H16BrFN2OS. The predicted molar refractivity (Wildman–Crippen MR) is 96.8 cm³/mol. The van der Waals surface area contributed by atoms with E-state index < -0.39 is 5.82 Å². The third kappa shape index (κ3) is 3.53. The topological polar surface area (TPSA) is 32.3 Å². The summed E-state index contributed by atoms with van der Waals surface area (Å²) in [5.41, 5.74) is 1.05. The summed E-state index contributed by atoms with van der Waals surface area (Å²) in [5.74, 6) is -0.459. The number of halogens is 2. The summed E-state index contributed by atoms with van der Waals surface area (Å²) < 4.78 is 14.6. The third-order valence-electron chi connectivity index (χ3n) is 3.71. The van der Waals surface area contributed by atoms with Crippen LogP contribution in [0.4, 0.5) is 20.6 Å². The quantitative estimate of drug-likeness (QED) is 0.727. The molecule has 23 heavy (non-hydrogen) atoms. The standard InChI is InChI=1S/C17H16BrFN2OS/c1-2-12-10-21(15-5-3-4-6-16(15)23-12)17(22)20-14-8-7-11(18)9-13(14)19/h3-9,12H,2,10H2,1H3,(H,20,22)/t12-/m0/s1. The van der Waals surface area contributed by atoms with Gasteiger partial charge >= 0.3 is 6.03 Å². The molecule has 0 spiro atoms. The van der Waals surface area contributed by atoms with Crippen molar-refractivity contribution in [3.05, 3.63) is 52.8 Å². The molecule has 0 aliphatic carbocycles. The van der Waals surface area contributed by atoms with E-state index in [0.717, 1.165) is 17.0 Å². The maximum absolute atomic E-state index is 13.9. The molecule has 2 aromatic carbocycles. The Bertz CT molecular complexity index is 740. The Morgan fingerprint density at radius 2 is 2.17 bits per heavy atom. The first-order chi connectivity index (χ1) is 11.1. The van der Waals surface area contributed by atoms with Crippen molar-refractivity contribution in [1.29, 1.82) is 0 Å². The number of rotatable bonds is 2. The summed E-state index contributed by atoms with van der Waals surface area (Å²) in [4.78, 5) is 15.4. The molecule has 1 atom stereocenters. The second kappa shape index (κ2) is 6.93. The van der Waals surface area contributed by atoms with Crippen LogP contribution in [0.2, 0.25) is 0 Å².